The second-order valence-corrected chi connectivity index (χ2v) is 6.51. The van der Waals surface area contributed by atoms with Gasteiger partial charge in [0.25, 0.3) is 5.91 Å². The first-order valence-corrected chi connectivity index (χ1v) is 8.46. The zero-order valence-corrected chi connectivity index (χ0v) is 15.6. The number of benzene rings is 2. The van der Waals surface area contributed by atoms with Crippen LogP contribution in [0.1, 0.15) is 41.1 Å². The van der Waals surface area contributed by atoms with Gasteiger partial charge in [-0.05, 0) is 24.5 Å². The van der Waals surface area contributed by atoms with Gasteiger partial charge in [0, 0.05) is 18.0 Å². The lowest BCUT2D eigenvalue weighted by Gasteiger charge is -2.22. The van der Waals surface area contributed by atoms with Gasteiger partial charge < -0.3 is 15.8 Å². The van der Waals surface area contributed by atoms with Crippen LogP contribution in [0.15, 0.2) is 42.5 Å². The van der Waals surface area contributed by atoms with Gasteiger partial charge in [0.15, 0.2) is 0 Å². The molecular formula is C19H22Cl2N2O2. The van der Waals surface area contributed by atoms with Crippen molar-refractivity contribution in [2.45, 2.75) is 31.2 Å². The van der Waals surface area contributed by atoms with Crippen molar-refractivity contribution in [1.82, 2.24) is 5.32 Å². The standard InChI is InChI=1S/C19H21ClN2O2.ClH/c1-24-18-11-16(21)15(20)10-14(18)19(23)22-17-9-5-8-13(17)12-6-3-2-4-7-12;/h2-4,6-7,10-11,13,17H,5,8-9,21H2,1H3,(H,22,23);1H. The summed E-state index contributed by atoms with van der Waals surface area (Å²) in [5.41, 5.74) is 7.86. The van der Waals surface area contributed by atoms with Crippen LogP contribution in [0.5, 0.6) is 5.75 Å². The molecule has 0 aliphatic heterocycles. The SMILES string of the molecule is COc1cc(N)c(Cl)cc1C(=O)NC1CCCC1c1ccccc1.Cl. The van der Waals surface area contributed by atoms with Crippen molar-refractivity contribution >= 4 is 35.6 Å². The Morgan fingerprint density at radius 3 is 2.64 bits per heavy atom. The molecule has 2 aromatic carbocycles. The second kappa shape index (κ2) is 8.45. The van der Waals surface area contributed by atoms with Crippen LogP contribution in [-0.2, 0) is 0 Å². The minimum absolute atomic E-state index is 0. The number of carbonyl (C=O) groups excluding carboxylic acids is 1. The van der Waals surface area contributed by atoms with Gasteiger partial charge in [-0.25, -0.2) is 0 Å². The first-order valence-electron chi connectivity index (χ1n) is 8.09. The number of rotatable bonds is 4. The number of nitrogens with two attached hydrogens (primary N) is 1. The minimum atomic E-state index is -0.179. The summed E-state index contributed by atoms with van der Waals surface area (Å²) in [5.74, 6) is 0.593. The summed E-state index contributed by atoms with van der Waals surface area (Å²) in [5, 5.41) is 3.50. The van der Waals surface area contributed by atoms with Crippen molar-refractivity contribution in [1.29, 1.82) is 0 Å². The molecule has 1 fully saturated rings. The van der Waals surface area contributed by atoms with Gasteiger partial charge in [-0.1, -0.05) is 48.4 Å². The molecule has 0 spiro atoms. The normalized spacial score (nSPS) is 19.1. The molecule has 1 amide bonds. The van der Waals surface area contributed by atoms with Gasteiger partial charge in [0.1, 0.15) is 5.75 Å². The fraction of sp³-hybridized carbons (Fsp3) is 0.316. The van der Waals surface area contributed by atoms with Crippen molar-refractivity contribution in [3.8, 4) is 5.75 Å². The van der Waals surface area contributed by atoms with Crippen molar-refractivity contribution in [3.05, 3.63) is 58.6 Å². The summed E-state index contributed by atoms with van der Waals surface area (Å²) >= 11 is 6.07. The Balaban J connectivity index is 0.00000225. The molecule has 1 aliphatic rings. The highest BCUT2D eigenvalue weighted by molar-refractivity contribution is 6.33. The van der Waals surface area contributed by atoms with Gasteiger partial charge >= 0.3 is 0 Å². The Kier molecular flexibility index (Phi) is 6.57. The first-order chi connectivity index (χ1) is 11.6. The summed E-state index contributed by atoms with van der Waals surface area (Å²) in [6.45, 7) is 0. The molecule has 3 rings (SSSR count). The molecule has 3 N–H and O–H groups in total. The molecule has 1 aliphatic carbocycles. The van der Waals surface area contributed by atoms with Crippen LogP contribution in [0.2, 0.25) is 5.02 Å². The van der Waals surface area contributed by atoms with E-state index in [0.717, 1.165) is 19.3 Å². The molecule has 1 saturated carbocycles. The average Bonchev–Trinajstić information content (AvgIpc) is 3.05. The fourth-order valence-electron chi connectivity index (χ4n) is 3.39. The maximum absolute atomic E-state index is 12.7. The highest BCUT2D eigenvalue weighted by Gasteiger charge is 2.30. The molecule has 2 atom stereocenters. The largest absolute Gasteiger partial charge is 0.496 e. The van der Waals surface area contributed by atoms with E-state index in [2.05, 4.69) is 17.4 Å². The van der Waals surface area contributed by atoms with E-state index in [-0.39, 0.29) is 24.4 Å². The number of anilines is 1. The Morgan fingerprint density at radius 1 is 1.24 bits per heavy atom. The number of carbonyl (C=O) groups is 1. The van der Waals surface area contributed by atoms with Gasteiger partial charge in [0.05, 0.1) is 23.4 Å². The van der Waals surface area contributed by atoms with E-state index in [1.165, 1.54) is 12.7 Å². The number of nitrogen functional groups attached to an aromatic ring is 1. The van der Waals surface area contributed by atoms with E-state index in [1.54, 1.807) is 12.1 Å². The topological polar surface area (TPSA) is 64.3 Å². The summed E-state index contributed by atoms with van der Waals surface area (Å²) in [7, 11) is 1.52. The third-order valence-corrected chi connectivity index (χ3v) is 4.95. The summed E-state index contributed by atoms with van der Waals surface area (Å²) in [6.07, 6.45) is 3.15. The summed E-state index contributed by atoms with van der Waals surface area (Å²) in [4.78, 5) is 12.7. The molecule has 6 heteroatoms. The maximum Gasteiger partial charge on any atom is 0.255 e. The predicted octanol–water partition coefficient (Wildman–Crippen LogP) is 4.42. The van der Waals surface area contributed by atoms with E-state index in [1.807, 2.05) is 18.2 Å². The number of hydrogen-bond acceptors (Lipinski definition) is 3. The monoisotopic (exact) mass is 380 g/mol. The zero-order chi connectivity index (χ0) is 17.1. The molecule has 0 saturated heterocycles. The first kappa shape index (κ1) is 19.4. The number of methoxy groups -OCH3 is 1. The average molecular weight is 381 g/mol. The molecule has 0 heterocycles. The number of ether oxygens (including phenoxy) is 1. The lowest BCUT2D eigenvalue weighted by molar-refractivity contribution is 0.0931. The number of halogens is 2. The lowest BCUT2D eigenvalue weighted by atomic mass is 9.94. The fourth-order valence-corrected chi connectivity index (χ4v) is 3.56. The molecule has 0 radical (unpaired) electrons. The van der Waals surface area contributed by atoms with E-state index >= 15 is 0 Å². The van der Waals surface area contributed by atoms with E-state index < -0.39 is 0 Å². The van der Waals surface area contributed by atoms with Gasteiger partial charge in [-0.3, -0.25) is 4.79 Å². The van der Waals surface area contributed by atoms with Crippen LogP contribution < -0.4 is 15.8 Å². The predicted molar refractivity (Wildman–Crippen MR) is 104 cm³/mol. The second-order valence-electron chi connectivity index (χ2n) is 6.10. The molecule has 4 nitrogen and oxygen atoms in total. The van der Waals surface area contributed by atoms with Crippen LogP contribution in [-0.4, -0.2) is 19.1 Å². The lowest BCUT2D eigenvalue weighted by Crippen LogP contribution is -2.36. The quantitative estimate of drug-likeness (QED) is 0.771. The third kappa shape index (κ3) is 4.20. The smallest absolute Gasteiger partial charge is 0.255 e. The highest BCUT2D eigenvalue weighted by atomic mass is 35.5. The molecule has 2 unspecified atom stereocenters. The Hall–Kier alpha value is -1.91. The van der Waals surface area contributed by atoms with Crippen LogP contribution in [0.25, 0.3) is 0 Å². The molecule has 0 aromatic heterocycles. The molecular weight excluding hydrogens is 359 g/mol. The van der Waals surface area contributed by atoms with Crippen LogP contribution >= 0.6 is 24.0 Å². The Morgan fingerprint density at radius 2 is 1.96 bits per heavy atom. The Labute approximate surface area is 159 Å². The van der Waals surface area contributed by atoms with E-state index in [9.17, 15) is 4.79 Å². The summed E-state index contributed by atoms with van der Waals surface area (Å²) in [6, 6.07) is 13.6. The zero-order valence-electron chi connectivity index (χ0n) is 14.0. The maximum atomic E-state index is 12.7. The van der Waals surface area contributed by atoms with Crippen molar-refractivity contribution in [3.63, 3.8) is 0 Å². The molecule has 134 valence electrons. The van der Waals surface area contributed by atoms with Gasteiger partial charge in [0.2, 0.25) is 0 Å². The molecule has 0 bridgehead atoms. The number of amides is 1. The number of hydrogen-bond donors (Lipinski definition) is 2. The highest BCUT2D eigenvalue weighted by Crippen LogP contribution is 2.35. The molecule has 2 aromatic rings. The van der Waals surface area contributed by atoms with E-state index in [4.69, 9.17) is 22.1 Å². The van der Waals surface area contributed by atoms with Crippen LogP contribution in [0.4, 0.5) is 5.69 Å². The third-order valence-electron chi connectivity index (χ3n) is 4.62. The minimum Gasteiger partial charge on any atom is -0.496 e. The summed E-state index contributed by atoms with van der Waals surface area (Å²) < 4.78 is 5.28. The van der Waals surface area contributed by atoms with Crippen LogP contribution in [0, 0.1) is 0 Å². The van der Waals surface area contributed by atoms with Crippen LogP contribution in [0.3, 0.4) is 0 Å². The van der Waals surface area contributed by atoms with Gasteiger partial charge in [-0.2, -0.15) is 0 Å². The van der Waals surface area contributed by atoms with E-state index in [0.29, 0.717) is 27.9 Å². The van der Waals surface area contributed by atoms with Crippen molar-refractivity contribution in [2.75, 3.05) is 12.8 Å². The Bertz CT molecular complexity index is 738. The van der Waals surface area contributed by atoms with Crippen molar-refractivity contribution < 1.29 is 9.53 Å². The van der Waals surface area contributed by atoms with Crippen molar-refractivity contribution in [2.24, 2.45) is 0 Å². The molecule has 25 heavy (non-hydrogen) atoms. The van der Waals surface area contributed by atoms with Gasteiger partial charge in [-0.15, -0.1) is 12.4 Å². The number of nitrogens with one attached hydrogen (secondary N) is 1.